The first-order valence-corrected chi connectivity index (χ1v) is 7.10. The Balaban J connectivity index is 1.75. The summed E-state index contributed by atoms with van der Waals surface area (Å²) in [6.45, 7) is 0.526. The maximum atomic E-state index is 9.89. The number of halogens is 1. The minimum absolute atomic E-state index is 0.0797. The van der Waals surface area contributed by atoms with E-state index in [1.807, 2.05) is 24.3 Å². The highest BCUT2D eigenvalue weighted by Crippen LogP contribution is 2.32. The Morgan fingerprint density at radius 2 is 1.89 bits per heavy atom. The fourth-order valence-corrected chi connectivity index (χ4v) is 3.15. The lowest BCUT2D eigenvalue weighted by molar-refractivity contribution is 0.0991. The van der Waals surface area contributed by atoms with Crippen molar-refractivity contribution in [2.45, 2.75) is 24.3 Å². The van der Waals surface area contributed by atoms with Gasteiger partial charge in [-0.25, -0.2) is 0 Å². The average molecular weight is 277 g/mol. The van der Waals surface area contributed by atoms with Gasteiger partial charge >= 0.3 is 0 Å². The zero-order valence-electron chi connectivity index (χ0n) is 10.6. The average Bonchev–Trinajstić information content (AvgIpc) is 2.74. The number of fused-ring (bicyclic) bond motifs is 1. The van der Waals surface area contributed by atoms with Crippen LogP contribution in [0.4, 0.5) is 0 Å². The molecule has 100 valence electrons. The molecule has 0 aromatic heterocycles. The highest BCUT2D eigenvalue weighted by atomic mass is 35.5. The van der Waals surface area contributed by atoms with Crippen molar-refractivity contribution in [2.24, 2.45) is 5.92 Å². The van der Waals surface area contributed by atoms with E-state index in [1.54, 1.807) is 0 Å². The Morgan fingerprint density at radius 1 is 1.11 bits per heavy atom. The molecular weight excluding hydrogens is 260 g/mol. The molecule has 19 heavy (non-hydrogen) atoms. The highest BCUT2D eigenvalue weighted by molar-refractivity contribution is 6.20. The van der Waals surface area contributed by atoms with Gasteiger partial charge in [-0.15, -0.1) is 11.6 Å². The van der Waals surface area contributed by atoms with Gasteiger partial charge in [0.15, 0.2) is 0 Å². The van der Waals surface area contributed by atoms with E-state index >= 15 is 0 Å². The zero-order chi connectivity index (χ0) is 13.2. The van der Waals surface area contributed by atoms with Crippen LogP contribution in [0.25, 0.3) is 10.8 Å². The molecule has 0 aliphatic heterocycles. The van der Waals surface area contributed by atoms with Crippen LogP contribution in [0, 0.1) is 5.92 Å². The van der Waals surface area contributed by atoms with E-state index in [-0.39, 0.29) is 17.4 Å². The summed E-state index contributed by atoms with van der Waals surface area (Å²) in [6.07, 6.45) is 1.16. The lowest BCUT2D eigenvalue weighted by atomic mass is 10.1. The van der Waals surface area contributed by atoms with Gasteiger partial charge in [-0.05, 0) is 24.3 Å². The first-order chi connectivity index (χ1) is 9.24. The Hall–Kier alpha value is -1.25. The third-order valence-corrected chi connectivity index (χ3v) is 4.16. The van der Waals surface area contributed by atoms with Crippen molar-refractivity contribution in [1.82, 2.24) is 0 Å². The lowest BCUT2D eigenvalue weighted by Crippen LogP contribution is -2.20. The summed E-state index contributed by atoms with van der Waals surface area (Å²) in [6, 6.07) is 14.2. The second kappa shape index (κ2) is 5.40. The van der Waals surface area contributed by atoms with Crippen LogP contribution in [0.5, 0.6) is 5.75 Å². The number of alkyl halides is 1. The molecule has 3 rings (SSSR count). The largest absolute Gasteiger partial charge is 0.493 e. The van der Waals surface area contributed by atoms with Crippen LogP contribution in [-0.2, 0) is 0 Å². The van der Waals surface area contributed by atoms with Crippen LogP contribution < -0.4 is 4.74 Å². The summed E-state index contributed by atoms with van der Waals surface area (Å²) < 4.78 is 5.90. The zero-order valence-corrected chi connectivity index (χ0v) is 11.4. The van der Waals surface area contributed by atoms with E-state index in [0.717, 1.165) is 17.6 Å². The summed E-state index contributed by atoms with van der Waals surface area (Å²) in [7, 11) is 0. The maximum Gasteiger partial charge on any atom is 0.127 e. The Kier molecular flexibility index (Phi) is 3.63. The number of hydrogen-bond donors (Lipinski definition) is 1. The van der Waals surface area contributed by atoms with Gasteiger partial charge in [-0.1, -0.05) is 36.4 Å². The molecule has 3 heteroatoms. The van der Waals surface area contributed by atoms with Crippen molar-refractivity contribution in [3.05, 3.63) is 42.5 Å². The molecule has 1 fully saturated rings. The van der Waals surface area contributed by atoms with Crippen molar-refractivity contribution in [3.8, 4) is 5.75 Å². The molecule has 0 radical (unpaired) electrons. The summed E-state index contributed by atoms with van der Waals surface area (Å²) >= 11 is 6.06. The van der Waals surface area contributed by atoms with E-state index in [2.05, 4.69) is 18.2 Å². The summed E-state index contributed by atoms with van der Waals surface area (Å²) in [5.41, 5.74) is 0. The molecule has 0 heterocycles. The van der Waals surface area contributed by atoms with Crippen LogP contribution in [-0.4, -0.2) is 23.2 Å². The van der Waals surface area contributed by atoms with Gasteiger partial charge < -0.3 is 9.84 Å². The molecule has 1 aliphatic carbocycles. The second-order valence-electron chi connectivity index (χ2n) is 5.18. The smallest absolute Gasteiger partial charge is 0.127 e. The summed E-state index contributed by atoms with van der Waals surface area (Å²) in [5, 5.41) is 12.2. The molecule has 3 atom stereocenters. The molecule has 0 bridgehead atoms. The number of aliphatic hydroxyl groups excluding tert-OH is 1. The minimum atomic E-state index is -0.336. The van der Waals surface area contributed by atoms with Crippen LogP contribution >= 0.6 is 11.6 Å². The first kappa shape index (κ1) is 12.8. The number of ether oxygens (including phenoxy) is 1. The molecule has 0 saturated heterocycles. The van der Waals surface area contributed by atoms with E-state index in [9.17, 15) is 5.11 Å². The molecular formula is C16H17ClO2. The van der Waals surface area contributed by atoms with Gasteiger partial charge in [0.05, 0.1) is 12.7 Å². The lowest BCUT2D eigenvalue weighted by Gasteiger charge is -2.16. The molecule has 0 spiro atoms. The minimum Gasteiger partial charge on any atom is -0.493 e. The SMILES string of the molecule is O[C@@H]1C[C@@H](Cl)C[C@H]1COc1cccc2ccccc12. The topological polar surface area (TPSA) is 29.5 Å². The number of aliphatic hydroxyl groups is 1. The van der Waals surface area contributed by atoms with Crippen LogP contribution in [0.1, 0.15) is 12.8 Å². The van der Waals surface area contributed by atoms with Crippen molar-refractivity contribution in [3.63, 3.8) is 0 Å². The van der Waals surface area contributed by atoms with Gasteiger partial charge in [0.25, 0.3) is 0 Å². The Labute approximate surface area is 118 Å². The molecule has 2 aromatic carbocycles. The summed E-state index contributed by atoms with van der Waals surface area (Å²) in [5.74, 6) is 1.02. The monoisotopic (exact) mass is 276 g/mol. The normalized spacial score (nSPS) is 26.7. The first-order valence-electron chi connectivity index (χ1n) is 6.67. The summed E-state index contributed by atoms with van der Waals surface area (Å²) in [4.78, 5) is 0. The number of hydrogen-bond acceptors (Lipinski definition) is 2. The van der Waals surface area contributed by atoms with Crippen molar-refractivity contribution >= 4 is 22.4 Å². The molecule has 1 saturated carbocycles. The van der Waals surface area contributed by atoms with Crippen LogP contribution in [0.3, 0.4) is 0 Å². The third kappa shape index (κ3) is 2.70. The standard InChI is InChI=1S/C16H17ClO2/c17-13-8-12(15(18)9-13)10-19-16-7-3-5-11-4-1-2-6-14(11)16/h1-7,12-13,15,18H,8-10H2/t12-,13-,15+/m0/s1. The van der Waals surface area contributed by atoms with Crippen LogP contribution in [0.15, 0.2) is 42.5 Å². The molecule has 1 N–H and O–H groups in total. The molecule has 0 amide bonds. The quantitative estimate of drug-likeness (QED) is 0.868. The van der Waals surface area contributed by atoms with Gasteiger partial charge in [0, 0.05) is 16.7 Å². The van der Waals surface area contributed by atoms with E-state index in [0.29, 0.717) is 13.0 Å². The van der Waals surface area contributed by atoms with Gasteiger partial charge in [-0.2, -0.15) is 0 Å². The fraction of sp³-hybridized carbons (Fsp3) is 0.375. The Morgan fingerprint density at radius 3 is 2.68 bits per heavy atom. The fourth-order valence-electron chi connectivity index (χ4n) is 2.73. The predicted molar refractivity (Wildman–Crippen MR) is 77.8 cm³/mol. The molecule has 0 unspecified atom stereocenters. The Bertz CT molecular complexity index is 564. The molecule has 1 aliphatic rings. The van der Waals surface area contributed by atoms with E-state index in [1.165, 1.54) is 5.39 Å². The third-order valence-electron chi connectivity index (χ3n) is 3.80. The predicted octanol–water partition coefficient (Wildman–Crippen LogP) is 3.60. The van der Waals surface area contributed by atoms with Crippen molar-refractivity contribution in [1.29, 1.82) is 0 Å². The van der Waals surface area contributed by atoms with Crippen LogP contribution in [0.2, 0.25) is 0 Å². The highest BCUT2D eigenvalue weighted by Gasteiger charge is 2.32. The van der Waals surface area contributed by atoms with Crippen molar-refractivity contribution < 1.29 is 9.84 Å². The van der Waals surface area contributed by atoms with E-state index in [4.69, 9.17) is 16.3 Å². The molecule has 2 aromatic rings. The number of rotatable bonds is 3. The van der Waals surface area contributed by atoms with Gasteiger partial charge in [-0.3, -0.25) is 0 Å². The van der Waals surface area contributed by atoms with Gasteiger partial charge in [0.2, 0.25) is 0 Å². The van der Waals surface area contributed by atoms with Gasteiger partial charge in [0.1, 0.15) is 5.75 Å². The number of benzene rings is 2. The second-order valence-corrected chi connectivity index (χ2v) is 5.80. The maximum absolute atomic E-state index is 9.89. The molecule has 2 nitrogen and oxygen atoms in total. The van der Waals surface area contributed by atoms with E-state index < -0.39 is 0 Å². The van der Waals surface area contributed by atoms with Crippen molar-refractivity contribution in [2.75, 3.05) is 6.61 Å².